The van der Waals surface area contributed by atoms with E-state index in [2.05, 4.69) is 4.90 Å². The highest BCUT2D eigenvalue weighted by atomic mass is 19.1. The van der Waals surface area contributed by atoms with Gasteiger partial charge in [-0.15, -0.1) is 0 Å². The number of aromatic carboxylic acids is 1. The molecule has 0 aliphatic carbocycles. The molecule has 0 bridgehead atoms. The molecule has 1 saturated heterocycles. The number of halogens is 1. The third kappa shape index (κ3) is 8.23. The minimum Gasteiger partial charge on any atom is -0.493 e. The van der Waals surface area contributed by atoms with E-state index in [0.717, 1.165) is 17.6 Å². The van der Waals surface area contributed by atoms with E-state index in [1.54, 1.807) is 60.5 Å². The molecule has 4 aromatic carbocycles. The van der Waals surface area contributed by atoms with Crippen molar-refractivity contribution in [3.05, 3.63) is 119 Å². The lowest BCUT2D eigenvalue weighted by Crippen LogP contribution is -2.38. The Labute approximate surface area is 313 Å². The van der Waals surface area contributed by atoms with Gasteiger partial charge in [0.15, 0.2) is 17.3 Å². The number of carbonyl (C=O) groups is 3. The van der Waals surface area contributed by atoms with E-state index in [0.29, 0.717) is 78.6 Å². The molecule has 1 atom stereocenters. The predicted octanol–water partition coefficient (Wildman–Crippen LogP) is 6.79. The number of ether oxygens (including phenoxy) is 3. The standard InChI is InChI=1S/C42H45FN4O7/c1-45(41(49)31-23-36(52-2)39(54-4)37(24-31)53-3)25-29(27-13-15-32(43)16-14-27)19-22-46-20-17-28(18-21-46)38(48)40-44-34-11-7-8-12-35(34)47(40)26-30-9-5-6-10-33(30)42(50)51/h5-16,23-24,28-29H,17-22,25-26H2,1-4H3,(H,50,51). The highest BCUT2D eigenvalue weighted by molar-refractivity contribution is 5.98. The van der Waals surface area contributed by atoms with Crippen molar-refractivity contribution in [3.8, 4) is 17.2 Å². The molecule has 1 N–H and O–H groups in total. The Balaban J connectivity index is 1.13. The van der Waals surface area contributed by atoms with E-state index in [9.17, 15) is 23.9 Å². The molecule has 0 saturated carbocycles. The molecule has 12 heteroatoms. The summed E-state index contributed by atoms with van der Waals surface area (Å²) in [5.74, 6) is -0.443. The summed E-state index contributed by atoms with van der Waals surface area (Å²) in [6, 6.07) is 24.0. The summed E-state index contributed by atoms with van der Waals surface area (Å²) in [6.45, 7) is 2.73. The number of rotatable bonds is 15. The molecule has 1 aliphatic rings. The fourth-order valence-electron chi connectivity index (χ4n) is 7.34. The van der Waals surface area contributed by atoms with Crippen LogP contribution in [0.25, 0.3) is 11.0 Å². The highest BCUT2D eigenvalue weighted by Gasteiger charge is 2.31. The molecule has 1 aliphatic heterocycles. The summed E-state index contributed by atoms with van der Waals surface area (Å²) < 4.78 is 32.1. The van der Waals surface area contributed by atoms with Gasteiger partial charge in [-0.25, -0.2) is 14.2 Å². The first kappa shape index (κ1) is 38.0. The maximum Gasteiger partial charge on any atom is 0.336 e. The van der Waals surface area contributed by atoms with Crippen molar-refractivity contribution >= 4 is 28.7 Å². The van der Waals surface area contributed by atoms with Gasteiger partial charge in [-0.1, -0.05) is 42.5 Å². The van der Waals surface area contributed by atoms with Crippen molar-refractivity contribution in [2.24, 2.45) is 5.92 Å². The van der Waals surface area contributed by atoms with Crippen LogP contribution in [-0.4, -0.2) is 96.7 Å². The molecular formula is C42H45FN4O7. The number of Topliss-reactive ketones (excluding diaryl/α,β-unsaturated/α-hetero) is 1. The summed E-state index contributed by atoms with van der Waals surface area (Å²) in [5, 5.41) is 9.79. The van der Waals surface area contributed by atoms with E-state index in [1.165, 1.54) is 33.5 Å². The number of carboxylic acids is 1. The van der Waals surface area contributed by atoms with Crippen LogP contribution in [0.3, 0.4) is 0 Å². The first-order chi connectivity index (χ1) is 26.1. The molecule has 1 fully saturated rings. The average molecular weight is 737 g/mol. The number of carbonyl (C=O) groups excluding carboxylic acids is 2. The number of aromatic nitrogens is 2. The number of hydrogen-bond acceptors (Lipinski definition) is 8. The first-order valence-corrected chi connectivity index (χ1v) is 18.0. The molecule has 6 rings (SSSR count). The van der Waals surface area contributed by atoms with Crippen LogP contribution in [0.5, 0.6) is 17.2 Å². The van der Waals surface area contributed by atoms with Gasteiger partial charge in [-0.05, 0) is 92.5 Å². The maximum atomic E-state index is 14.1. The van der Waals surface area contributed by atoms with Gasteiger partial charge < -0.3 is 33.7 Å². The normalized spacial score (nSPS) is 14.1. The van der Waals surface area contributed by atoms with Gasteiger partial charge in [0.1, 0.15) is 5.82 Å². The van der Waals surface area contributed by atoms with E-state index in [1.807, 2.05) is 28.8 Å². The van der Waals surface area contributed by atoms with E-state index >= 15 is 0 Å². The highest BCUT2D eigenvalue weighted by Crippen LogP contribution is 2.38. The number of nitrogens with zero attached hydrogens (tertiary/aromatic N) is 4. The number of likely N-dealkylation sites (tertiary alicyclic amines) is 1. The van der Waals surface area contributed by atoms with Crippen molar-refractivity contribution in [3.63, 3.8) is 0 Å². The number of fused-ring (bicyclic) bond motifs is 1. The number of carboxylic acid groups (broad SMARTS) is 1. The van der Waals surface area contributed by atoms with Gasteiger partial charge in [-0.3, -0.25) is 9.59 Å². The second-order valence-corrected chi connectivity index (χ2v) is 13.6. The minimum absolute atomic E-state index is 0.0465. The van der Waals surface area contributed by atoms with Gasteiger partial charge in [-0.2, -0.15) is 0 Å². The van der Waals surface area contributed by atoms with Crippen LogP contribution < -0.4 is 14.2 Å². The van der Waals surface area contributed by atoms with Crippen LogP contribution in [0.4, 0.5) is 4.39 Å². The molecule has 5 aromatic rings. The largest absolute Gasteiger partial charge is 0.493 e. The number of ketones is 1. The van der Waals surface area contributed by atoms with Crippen LogP contribution >= 0.6 is 0 Å². The third-order valence-corrected chi connectivity index (χ3v) is 10.3. The zero-order chi connectivity index (χ0) is 38.4. The van der Waals surface area contributed by atoms with Crippen LogP contribution in [0.15, 0.2) is 84.9 Å². The lowest BCUT2D eigenvalue weighted by molar-refractivity contribution is 0.0694. The van der Waals surface area contributed by atoms with Gasteiger partial charge in [0.2, 0.25) is 11.5 Å². The van der Waals surface area contributed by atoms with Crippen LogP contribution in [0.1, 0.15) is 67.6 Å². The van der Waals surface area contributed by atoms with Crippen molar-refractivity contribution in [1.29, 1.82) is 0 Å². The quantitative estimate of drug-likeness (QED) is 0.116. The van der Waals surface area contributed by atoms with E-state index < -0.39 is 5.97 Å². The van der Waals surface area contributed by atoms with E-state index in [-0.39, 0.29) is 41.5 Å². The molecule has 0 spiro atoms. The van der Waals surface area contributed by atoms with E-state index in [4.69, 9.17) is 19.2 Å². The molecule has 0 radical (unpaired) electrons. The summed E-state index contributed by atoms with van der Waals surface area (Å²) >= 11 is 0. The van der Waals surface area contributed by atoms with Crippen LogP contribution in [0.2, 0.25) is 0 Å². The Morgan fingerprint density at radius 1 is 0.907 bits per heavy atom. The minimum atomic E-state index is -1.02. The number of likely N-dealkylation sites (N-methyl/N-ethyl adjacent to an activating group) is 1. The Hall–Kier alpha value is -5.75. The zero-order valence-corrected chi connectivity index (χ0v) is 31.0. The van der Waals surface area contributed by atoms with Crippen molar-refractivity contribution in [2.75, 3.05) is 54.6 Å². The van der Waals surface area contributed by atoms with Gasteiger partial charge >= 0.3 is 5.97 Å². The topological polar surface area (TPSA) is 123 Å². The zero-order valence-electron chi connectivity index (χ0n) is 31.0. The SMILES string of the molecule is COc1cc(C(=O)N(C)CC(CCN2CCC(C(=O)c3nc4ccccc4n3Cc3ccccc3C(=O)O)CC2)c2ccc(F)cc2)cc(OC)c1OC. The van der Waals surface area contributed by atoms with Crippen molar-refractivity contribution < 1.29 is 38.1 Å². The Bertz CT molecular complexity index is 2100. The predicted molar refractivity (Wildman–Crippen MR) is 203 cm³/mol. The van der Waals surface area contributed by atoms with Crippen LogP contribution in [-0.2, 0) is 6.54 Å². The molecule has 1 aromatic heterocycles. The van der Waals surface area contributed by atoms with Crippen LogP contribution in [0, 0.1) is 11.7 Å². The Morgan fingerprint density at radius 2 is 1.56 bits per heavy atom. The first-order valence-electron chi connectivity index (χ1n) is 18.0. The smallest absolute Gasteiger partial charge is 0.336 e. The summed E-state index contributed by atoms with van der Waals surface area (Å²) in [5.41, 5.74) is 3.57. The Kier molecular flexibility index (Phi) is 11.9. The Morgan fingerprint density at radius 3 is 2.20 bits per heavy atom. The summed E-state index contributed by atoms with van der Waals surface area (Å²) in [4.78, 5) is 48.5. The summed E-state index contributed by atoms with van der Waals surface area (Å²) in [6.07, 6.45) is 2.00. The van der Waals surface area contributed by atoms with Crippen molar-refractivity contribution in [1.82, 2.24) is 19.4 Å². The maximum absolute atomic E-state index is 14.1. The van der Waals surface area contributed by atoms with Gasteiger partial charge in [0.25, 0.3) is 5.91 Å². The molecule has 1 amide bonds. The number of para-hydroxylation sites is 2. The second-order valence-electron chi connectivity index (χ2n) is 13.6. The lowest BCUT2D eigenvalue weighted by atomic mass is 9.90. The fraction of sp³-hybridized carbons (Fsp3) is 0.333. The number of methoxy groups -OCH3 is 3. The third-order valence-electron chi connectivity index (χ3n) is 10.3. The number of piperidine rings is 1. The molecular weight excluding hydrogens is 691 g/mol. The van der Waals surface area contributed by atoms with Gasteiger partial charge in [0, 0.05) is 31.0 Å². The molecule has 54 heavy (non-hydrogen) atoms. The number of imidazole rings is 1. The summed E-state index contributed by atoms with van der Waals surface area (Å²) in [7, 11) is 6.25. The number of amides is 1. The molecule has 282 valence electrons. The molecule has 2 heterocycles. The van der Waals surface area contributed by atoms with Crippen molar-refractivity contribution in [2.45, 2.75) is 31.7 Å². The monoisotopic (exact) mass is 736 g/mol. The van der Waals surface area contributed by atoms with Gasteiger partial charge in [0.05, 0.1) is 44.5 Å². The fourth-order valence-corrected chi connectivity index (χ4v) is 7.34. The lowest BCUT2D eigenvalue weighted by Gasteiger charge is -2.33. The average Bonchev–Trinajstić information content (AvgIpc) is 3.56. The molecule has 1 unspecified atom stereocenters. The second kappa shape index (κ2) is 16.9. The number of benzene rings is 4. The number of hydrogen-bond donors (Lipinski definition) is 1. The molecule has 11 nitrogen and oxygen atoms in total.